The minimum atomic E-state index is 0.398. The average Bonchev–Trinajstić information content (AvgIpc) is 2.12. The molecule has 0 unspecified atom stereocenters. The Hall–Kier alpha value is -1.19. The van der Waals surface area contributed by atoms with Crippen molar-refractivity contribution >= 4 is 5.82 Å². The summed E-state index contributed by atoms with van der Waals surface area (Å²) in [7, 11) is 1.68. The Morgan fingerprint density at radius 2 is 2.44 bits per heavy atom. The summed E-state index contributed by atoms with van der Waals surface area (Å²) in [4.78, 5) is 10.00. The number of rotatable bonds is 1. The molecular formula is C5H7N3O. The van der Waals surface area contributed by atoms with E-state index in [1.165, 1.54) is 4.68 Å². The summed E-state index contributed by atoms with van der Waals surface area (Å²) in [5.41, 5.74) is 0.813. The third-order valence-electron chi connectivity index (χ3n) is 1.17. The summed E-state index contributed by atoms with van der Waals surface area (Å²) in [6, 6.07) is 0. The van der Waals surface area contributed by atoms with E-state index < -0.39 is 0 Å². The van der Waals surface area contributed by atoms with Gasteiger partial charge in [0.25, 0.3) is 0 Å². The van der Waals surface area contributed by atoms with Gasteiger partial charge >= 0.3 is 0 Å². The third kappa shape index (κ3) is 0.826. The predicted octanol–water partition coefficient (Wildman–Crippen LogP) is 1.13. The first kappa shape index (κ1) is 5.94. The van der Waals surface area contributed by atoms with Crippen molar-refractivity contribution in [2.75, 3.05) is 0 Å². The molecule has 0 N–H and O–H groups in total. The maximum atomic E-state index is 10.00. The largest absolute Gasteiger partial charge is 0.248 e. The molecule has 1 heterocycles. The molecular weight excluding hydrogens is 118 g/mol. The van der Waals surface area contributed by atoms with Crippen molar-refractivity contribution in [1.29, 1.82) is 0 Å². The molecule has 0 saturated heterocycles. The van der Waals surface area contributed by atoms with Crippen LogP contribution in [0.25, 0.3) is 0 Å². The Kier molecular flexibility index (Phi) is 1.30. The Labute approximate surface area is 52.5 Å². The van der Waals surface area contributed by atoms with Crippen LogP contribution in [0.3, 0.4) is 0 Å². The van der Waals surface area contributed by atoms with E-state index in [0.717, 1.165) is 5.56 Å². The molecule has 0 amide bonds. The van der Waals surface area contributed by atoms with Crippen molar-refractivity contribution < 1.29 is 0 Å². The number of hydrogen-bond donors (Lipinski definition) is 0. The number of nitroso groups, excluding NO2 is 1. The summed E-state index contributed by atoms with van der Waals surface area (Å²) < 4.78 is 1.45. The molecule has 0 aliphatic heterocycles. The van der Waals surface area contributed by atoms with Crippen molar-refractivity contribution in [1.82, 2.24) is 9.78 Å². The van der Waals surface area contributed by atoms with Crippen LogP contribution in [0.2, 0.25) is 0 Å². The maximum absolute atomic E-state index is 10.00. The minimum Gasteiger partial charge on any atom is -0.248 e. The highest BCUT2D eigenvalue weighted by molar-refractivity contribution is 5.35. The van der Waals surface area contributed by atoms with Crippen LogP contribution in [0.15, 0.2) is 11.4 Å². The van der Waals surface area contributed by atoms with Gasteiger partial charge in [-0.2, -0.15) is 5.10 Å². The van der Waals surface area contributed by atoms with Gasteiger partial charge in [0.2, 0.25) is 0 Å². The summed E-state index contributed by atoms with van der Waals surface area (Å²) in [6.45, 7) is 1.80. The predicted molar refractivity (Wildman–Crippen MR) is 33.4 cm³/mol. The molecule has 0 aliphatic rings. The monoisotopic (exact) mass is 125 g/mol. The number of aryl methyl sites for hydroxylation is 2. The van der Waals surface area contributed by atoms with E-state index in [4.69, 9.17) is 0 Å². The molecule has 0 spiro atoms. The topological polar surface area (TPSA) is 47.2 Å². The van der Waals surface area contributed by atoms with Crippen molar-refractivity contribution in [3.8, 4) is 0 Å². The Balaban J connectivity index is 3.22. The number of hydrogen-bond acceptors (Lipinski definition) is 3. The molecule has 1 aromatic heterocycles. The fourth-order valence-electron chi connectivity index (χ4n) is 0.672. The van der Waals surface area contributed by atoms with Crippen molar-refractivity contribution in [3.05, 3.63) is 16.7 Å². The fraction of sp³-hybridized carbons (Fsp3) is 0.400. The van der Waals surface area contributed by atoms with Crippen molar-refractivity contribution in [3.63, 3.8) is 0 Å². The van der Waals surface area contributed by atoms with Gasteiger partial charge < -0.3 is 0 Å². The number of aromatic nitrogens is 2. The van der Waals surface area contributed by atoms with E-state index in [1.807, 2.05) is 0 Å². The Bertz CT molecular complexity index is 209. The Morgan fingerprint density at radius 3 is 2.67 bits per heavy atom. The lowest BCUT2D eigenvalue weighted by atomic mass is 10.4. The van der Waals surface area contributed by atoms with Crippen LogP contribution >= 0.6 is 0 Å². The lowest BCUT2D eigenvalue weighted by Gasteiger charge is -1.87. The lowest BCUT2D eigenvalue weighted by molar-refractivity contribution is 0.769. The molecule has 0 atom stereocenters. The molecule has 0 aliphatic carbocycles. The van der Waals surface area contributed by atoms with Crippen LogP contribution in [0.4, 0.5) is 5.82 Å². The first-order valence-corrected chi connectivity index (χ1v) is 2.57. The van der Waals surface area contributed by atoms with Gasteiger partial charge in [-0.1, -0.05) is 0 Å². The second-order valence-corrected chi connectivity index (χ2v) is 1.87. The third-order valence-corrected chi connectivity index (χ3v) is 1.17. The minimum absolute atomic E-state index is 0.398. The standard InChI is InChI=1S/C5H7N3O/c1-4-3-6-8(2)5(4)7-9/h3H,1-2H3. The Morgan fingerprint density at radius 1 is 1.78 bits per heavy atom. The van der Waals surface area contributed by atoms with Gasteiger partial charge in [0, 0.05) is 12.6 Å². The summed E-state index contributed by atoms with van der Waals surface area (Å²) in [5.74, 6) is 0.398. The molecule has 4 heteroatoms. The smallest absolute Gasteiger partial charge is 0.197 e. The van der Waals surface area contributed by atoms with E-state index in [1.54, 1.807) is 20.2 Å². The van der Waals surface area contributed by atoms with Crippen LogP contribution in [-0.2, 0) is 7.05 Å². The van der Waals surface area contributed by atoms with Gasteiger partial charge in [-0.3, -0.25) is 0 Å². The molecule has 1 rings (SSSR count). The van der Waals surface area contributed by atoms with Crippen LogP contribution in [-0.4, -0.2) is 9.78 Å². The zero-order valence-corrected chi connectivity index (χ0v) is 5.33. The molecule has 0 aromatic carbocycles. The second kappa shape index (κ2) is 1.97. The van der Waals surface area contributed by atoms with Crippen LogP contribution < -0.4 is 0 Å². The van der Waals surface area contributed by atoms with E-state index >= 15 is 0 Å². The van der Waals surface area contributed by atoms with Crippen LogP contribution in [0.5, 0.6) is 0 Å². The van der Waals surface area contributed by atoms with E-state index in [9.17, 15) is 4.91 Å². The highest BCUT2D eigenvalue weighted by atomic mass is 16.3. The van der Waals surface area contributed by atoms with Gasteiger partial charge in [-0.25, -0.2) is 4.68 Å². The van der Waals surface area contributed by atoms with Gasteiger partial charge in [-0.05, 0) is 12.1 Å². The van der Waals surface area contributed by atoms with Crippen molar-refractivity contribution in [2.24, 2.45) is 12.2 Å². The van der Waals surface area contributed by atoms with E-state index in [0.29, 0.717) is 5.82 Å². The second-order valence-electron chi connectivity index (χ2n) is 1.87. The summed E-state index contributed by atoms with van der Waals surface area (Å²) in [6.07, 6.45) is 1.61. The van der Waals surface area contributed by atoms with Crippen LogP contribution in [0.1, 0.15) is 5.56 Å². The quantitative estimate of drug-likeness (QED) is 0.528. The van der Waals surface area contributed by atoms with E-state index in [2.05, 4.69) is 10.3 Å². The maximum Gasteiger partial charge on any atom is 0.197 e. The van der Waals surface area contributed by atoms with Crippen LogP contribution in [0, 0.1) is 11.8 Å². The SMILES string of the molecule is Cc1cnn(C)c1N=O. The lowest BCUT2D eigenvalue weighted by Crippen LogP contribution is -1.87. The molecule has 0 fully saturated rings. The molecule has 1 aromatic rings. The zero-order chi connectivity index (χ0) is 6.85. The molecule has 0 bridgehead atoms. The molecule has 9 heavy (non-hydrogen) atoms. The number of nitrogens with zero attached hydrogens (tertiary/aromatic N) is 3. The first-order chi connectivity index (χ1) is 4.25. The van der Waals surface area contributed by atoms with E-state index in [-0.39, 0.29) is 0 Å². The van der Waals surface area contributed by atoms with Gasteiger partial charge in [0.05, 0.1) is 6.20 Å². The zero-order valence-electron chi connectivity index (χ0n) is 5.33. The summed E-state index contributed by atoms with van der Waals surface area (Å²) >= 11 is 0. The highest BCUT2D eigenvalue weighted by Crippen LogP contribution is 2.14. The normalized spacial score (nSPS) is 9.56. The van der Waals surface area contributed by atoms with Gasteiger partial charge in [-0.15, -0.1) is 4.91 Å². The molecule has 0 radical (unpaired) electrons. The summed E-state index contributed by atoms with van der Waals surface area (Å²) in [5, 5.41) is 6.59. The average molecular weight is 125 g/mol. The van der Waals surface area contributed by atoms with Crippen molar-refractivity contribution in [2.45, 2.75) is 6.92 Å². The first-order valence-electron chi connectivity index (χ1n) is 2.57. The van der Waals surface area contributed by atoms with Gasteiger partial charge in [0.15, 0.2) is 5.82 Å². The highest BCUT2D eigenvalue weighted by Gasteiger charge is 2.01. The fourth-order valence-corrected chi connectivity index (χ4v) is 0.672. The van der Waals surface area contributed by atoms with Gasteiger partial charge in [0.1, 0.15) is 0 Å². The molecule has 4 nitrogen and oxygen atoms in total. The molecule has 48 valence electrons. The molecule has 0 saturated carbocycles.